The molecule has 0 spiro atoms. The SMILES string of the molecule is NS(=O)(=O)c1ccccc1NCCCn1ccnc1. The Bertz CT molecular complexity index is 623. The summed E-state index contributed by atoms with van der Waals surface area (Å²) in [5.41, 5.74) is 0.538. The molecule has 1 heterocycles. The van der Waals surface area contributed by atoms with Gasteiger partial charge in [0.15, 0.2) is 0 Å². The zero-order valence-corrected chi connectivity index (χ0v) is 11.2. The normalized spacial score (nSPS) is 11.4. The molecule has 102 valence electrons. The lowest BCUT2D eigenvalue weighted by molar-refractivity contribution is 0.598. The lowest BCUT2D eigenvalue weighted by atomic mass is 10.3. The maximum atomic E-state index is 11.4. The van der Waals surface area contributed by atoms with Gasteiger partial charge in [-0.2, -0.15) is 0 Å². The van der Waals surface area contributed by atoms with Crippen molar-refractivity contribution in [3.63, 3.8) is 0 Å². The second-order valence-electron chi connectivity index (χ2n) is 4.12. The molecule has 0 fully saturated rings. The third-order valence-electron chi connectivity index (χ3n) is 2.66. The van der Waals surface area contributed by atoms with Gasteiger partial charge in [0.25, 0.3) is 0 Å². The second-order valence-corrected chi connectivity index (χ2v) is 5.65. The van der Waals surface area contributed by atoms with E-state index in [2.05, 4.69) is 10.3 Å². The molecule has 0 amide bonds. The van der Waals surface area contributed by atoms with Gasteiger partial charge in [-0.05, 0) is 18.6 Å². The van der Waals surface area contributed by atoms with E-state index in [9.17, 15) is 8.42 Å². The van der Waals surface area contributed by atoms with E-state index in [1.807, 2.05) is 10.8 Å². The average molecular weight is 280 g/mol. The van der Waals surface area contributed by atoms with Crippen molar-refractivity contribution >= 4 is 15.7 Å². The number of hydrogen-bond acceptors (Lipinski definition) is 4. The highest BCUT2D eigenvalue weighted by molar-refractivity contribution is 7.89. The third kappa shape index (κ3) is 3.80. The summed E-state index contributed by atoms with van der Waals surface area (Å²) in [6.07, 6.45) is 6.22. The highest BCUT2D eigenvalue weighted by Crippen LogP contribution is 2.18. The lowest BCUT2D eigenvalue weighted by Crippen LogP contribution is -2.15. The van der Waals surface area contributed by atoms with E-state index in [4.69, 9.17) is 5.14 Å². The molecule has 0 saturated heterocycles. The highest BCUT2D eigenvalue weighted by Gasteiger charge is 2.12. The maximum Gasteiger partial charge on any atom is 0.240 e. The fraction of sp³-hybridized carbons (Fsp3) is 0.250. The molecule has 6 nitrogen and oxygen atoms in total. The van der Waals surface area contributed by atoms with Gasteiger partial charge in [0.1, 0.15) is 4.90 Å². The maximum absolute atomic E-state index is 11.4. The van der Waals surface area contributed by atoms with Crippen LogP contribution in [-0.2, 0) is 16.6 Å². The summed E-state index contributed by atoms with van der Waals surface area (Å²) in [6.45, 7) is 1.48. The Balaban J connectivity index is 1.93. The van der Waals surface area contributed by atoms with Crippen LogP contribution in [-0.4, -0.2) is 24.5 Å². The predicted octanol–water partition coefficient (Wildman–Crippen LogP) is 1.03. The summed E-state index contributed by atoms with van der Waals surface area (Å²) >= 11 is 0. The van der Waals surface area contributed by atoms with Crippen LogP contribution < -0.4 is 10.5 Å². The van der Waals surface area contributed by atoms with E-state index in [1.54, 1.807) is 30.7 Å². The summed E-state index contributed by atoms with van der Waals surface area (Å²) in [5.74, 6) is 0. The van der Waals surface area contributed by atoms with Crippen LogP contribution in [0.1, 0.15) is 6.42 Å². The summed E-state index contributed by atoms with van der Waals surface area (Å²) in [5, 5.41) is 8.25. The van der Waals surface area contributed by atoms with Crippen molar-refractivity contribution in [2.24, 2.45) is 5.14 Å². The van der Waals surface area contributed by atoms with Gasteiger partial charge < -0.3 is 9.88 Å². The summed E-state index contributed by atoms with van der Waals surface area (Å²) < 4.78 is 24.8. The van der Waals surface area contributed by atoms with E-state index >= 15 is 0 Å². The largest absolute Gasteiger partial charge is 0.384 e. The summed E-state index contributed by atoms with van der Waals surface area (Å²) in [4.78, 5) is 4.08. The monoisotopic (exact) mass is 280 g/mol. The number of rotatable bonds is 6. The quantitative estimate of drug-likeness (QED) is 0.773. The zero-order chi connectivity index (χ0) is 13.7. The molecule has 19 heavy (non-hydrogen) atoms. The van der Waals surface area contributed by atoms with Gasteiger partial charge >= 0.3 is 0 Å². The Morgan fingerprint density at radius 3 is 2.79 bits per heavy atom. The Morgan fingerprint density at radius 1 is 1.32 bits per heavy atom. The smallest absolute Gasteiger partial charge is 0.240 e. The Labute approximate surface area is 112 Å². The van der Waals surface area contributed by atoms with Crippen LogP contribution in [0.15, 0.2) is 47.9 Å². The number of nitrogens with two attached hydrogens (primary N) is 1. The molecule has 7 heteroatoms. The third-order valence-corrected chi connectivity index (χ3v) is 3.63. The molecule has 2 rings (SSSR count). The van der Waals surface area contributed by atoms with Gasteiger partial charge in [-0.1, -0.05) is 12.1 Å². The number of aryl methyl sites for hydroxylation is 1. The fourth-order valence-electron chi connectivity index (χ4n) is 1.76. The Hall–Kier alpha value is -1.86. The minimum atomic E-state index is -3.69. The first-order chi connectivity index (χ1) is 9.07. The average Bonchev–Trinajstić information content (AvgIpc) is 2.87. The molecule has 1 aromatic heterocycles. The van der Waals surface area contributed by atoms with Gasteiger partial charge in [-0.25, -0.2) is 18.5 Å². The number of benzene rings is 1. The van der Waals surface area contributed by atoms with Crippen LogP contribution in [0.4, 0.5) is 5.69 Å². The number of sulfonamides is 1. The molecule has 3 N–H and O–H groups in total. The van der Waals surface area contributed by atoms with Crippen LogP contribution >= 0.6 is 0 Å². The number of primary sulfonamides is 1. The molecular formula is C12H16N4O2S. The second kappa shape index (κ2) is 5.85. The van der Waals surface area contributed by atoms with Crippen LogP contribution in [0, 0.1) is 0 Å². The highest BCUT2D eigenvalue weighted by atomic mass is 32.2. The molecule has 1 aromatic carbocycles. The number of para-hydroxylation sites is 1. The first-order valence-corrected chi connectivity index (χ1v) is 7.43. The number of aromatic nitrogens is 2. The molecule has 0 atom stereocenters. The number of nitrogens with zero attached hydrogens (tertiary/aromatic N) is 2. The first kappa shape index (κ1) is 13.6. The van der Waals surface area contributed by atoms with E-state index in [-0.39, 0.29) is 4.90 Å². The Morgan fingerprint density at radius 2 is 2.11 bits per heavy atom. The van der Waals surface area contributed by atoms with E-state index in [1.165, 1.54) is 6.07 Å². The van der Waals surface area contributed by atoms with E-state index in [0.717, 1.165) is 13.0 Å². The molecule has 0 aliphatic rings. The van der Waals surface area contributed by atoms with Crippen LogP contribution in [0.3, 0.4) is 0 Å². The van der Waals surface area contributed by atoms with Gasteiger partial charge in [0.2, 0.25) is 10.0 Å². The number of hydrogen-bond donors (Lipinski definition) is 2. The molecule has 0 aliphatic carbocycles. The van der Waals surface area contributed by atoms with Crippen LogP contribution in [0.2, 0.25) is 0 Å². The summed E-state index contributed by atoms with van der Waals surface area (Å²) in [6, 6.07) is 6.62. The van der Waals surface area contributed by atoms with Gasteiger partial charge in [0.05, 0.1) is 12.0 Å². The Kier molecular flexibility index (Phi) is 4.18. The molecule has 0 bridgehead atoms. The van der Waals surface area contributed by atoms with E-state index in [0.29, 0.717) is 12.2 Å². The number of imidazole rings is 1. The van der Waals surface area contributed by atoms with Crippen molar-refractivity contribution in [3.8, 4) is 0 Å². The van der Waals surface area contributed by atoms with Crippen molar-refractivity contribution < 1.29 is 8.42 Å². The van der Waals surface area contributed by atoms with Crippen LogP contribution in [0.25, 0.3) is 0 Å². The summed E-state index contributed by atoms with van der Waals surface area (Å²) in [7, 11) is -3.69. The number of nitrogens with one attached hydrogen (secondary N) is 1. The van der Waals surface area contributed by atoms with Gasteiger partial charge in [0, 0.05) is 25.5 Å². The van der Waals surface area contributed by atoms with Crippen LogP contribution in [0.5, 0.6) is 0 Å². The minimum absolute atomic E-state index is 0.123. The first-order valence-electron chi connectivity index (χ1n) is 5.89. The van der Waals surface area contributed by atoms with Gasteiger partial charge in [-0.3, -0.25) is 0 Å². The lowest BCUT2D eigenvalue weighted by Gasteiger charge is -2.10. The molecular weight excluding hydrogens is 264 g/mol. The standard InChI is InChI=1S/C12H16N4O2S/c13-19(17,18)12-5-2-1-4-11(12)15-6-3-8-16-9-7-14-10-16/h1-2,4-5,7,9-10,15H,3,6,8H2,(H2,13,17,18). The fourth-order valence-corrected chi connectivity index (χ4v) is 2.48. The molecule has 2 aromatic rings. The van der Waals surface area contributed by atoms with Crippen molar-refractivity contribution in [1.82, 2.24) is 9.55 Å². The van der Waals surface area contributed by atoms with Gasteiger partial charge in [-0.15, -0.1) is 0 Å². The van der Waals surface area contributed by atoms with E-state index < -0.39 is 10.0 Å². The molecule has 0 radical (unpaired) electrons. The topological polar surface area (TPSA) is 90.0 Å². The molecule has 0 aliphatic heterocycles. The van der Waals surface area contributed by atoms with Crippen molar-refractivity contribution in [2.45, 2.75) is 17.9 Å². The zero-order valence-electron chi connectivity index (χ0n) is 10.4. The van der Waals surface area contributed by atoms with Crippen molar-refractivity contribution in [3.05, 3.63) is 43.0 Å². The molecule has 0 unspecified atom stereocenters. The van der Waals surface area contributed by atoms with Crippen molar-refractivity contribution in [1.29, 1.82) is 0 Å². The number of anilines is 1. The minimum Gasteiger partial charge on any atom is -0.384 e. The predicted molar refractivity (Wildman–Crippen MR) is 73.1 cm³/mol. The van der Waals surface area contributed by atoms with Crippen molar-refractivity contribution in [2.75, 3.05) is 11.9 Å². The molecule has 0 saturated carbocycles.